The Morgan fingerprint density at radius 1 is 1.37 bits per heavy atom. The van der Waals surface area contributed by atoms with Gasteiger partial charge in [-0.05, 0) is 18.2 Å². The fraction of sp³-hybridized carbons (Fsp3) is 0. The van der Waals surface area contributed by atoms with Crippen LogP contribution in [0.4, 0.5) is 5.82 Å². The predicted molar refractivity (Wildman–Crippen MR) is 78.9 cm³/mol. The van der Waals surface area contributed by atoms with E-state index < -0.39 is 5.91 Å². The minimum Gasteiger partial charge on any atom is -0.389 e. The molecule has 0 bridgehead atoms. The number of H-pyrrole nitrogens is 1. The molecule has 0 unspecified atom stereocenters. The van der Waals surface area contributed by atoms with Gasteiger partial charge < -0.3 is 11.1 Å². The summed E-state index contributed by atoms with van der Waals surface area (Å²) >= 11 is 16.5. The lowest BCUT2D eigenvalue weighted by Crippen LogP contribution is -2.17. The minimum absolute atomic E-state index is 0.131. The van der Waals surface area contributed by atoms with Crippen molar-refractivity contribution in [2.45, 2.75) is 0 Å². The molecule has 1 heterocycles. The summed E-state index contributed by atoms with van der Waals surface area (Å²) in [6.45, 7) is 0. The third kappa shape index (κ3) is 3.04. The van der Waals surface area contributed by atoms with Crippen molar-refractivity contribution in [2.24, 2.45) is 5.73 Å². The molecule has 4 N–H and O–H groups in total. The maximum atomic E-state index is 12.0. The average Bonchev–Trinajstić information content (AvgIpc) is 2.76. The molecule has 1 amide bonds. The summed E-state index contributed by atoms with van der Waals surface area (Å²) in [6, 6.07) is 4.58. The molecule has 0 aliphatic rings. The Bertz CT molecular complexity index is 656. The van der Waals surface area contributed by atoms with Gasteiger partial charge in [-0.2, -0.15) is 5.10 Å². The summed E-state index contributed by atoms with van der Waals surface area (Å²) in [5, 5.41) is 9.66. The molecular formula is C11H8Cl2N4OS. The first-order valence-electron chi connectivity index (χ1n) is 5.08. The van der Waals surface area contributed by atoms with E-state index in [4.69, 9.17) is 41.2 Å². The first kappa shape index (κ1) is 13.8. The van der Waals surface area contributed by atoms with Gasteiger partial charge in [0.25, 0.3) is 5.91 Å². The van der Waals surface area contributed by atoms with Gasteiger partial charge in [0.2, 0.25) is 0 Å². The van der Waals surface area contributed by atoms with Crippen LogP contribution in [0, 0.1) is 0 Å². The van der Waals surface area contributed by atoms with E-state index in [1.807, 2.05) is 0 Å². The van der Waals surface area contributed by atoms with Crippen LogP contribution >= 0.6 is 35.4 Å². The molecule has 0 fully saturated rings. The SMILES string of the molecule is NC(=S)c1cn[nH]c1NC(=O)c1ccc(Cl)cc1Cl. The molecule has 2 rings (SSSR count). The molecule has 0 atom stereocenters. The highest BCUT2D eigenvalue weighted by Crippen LogP contribution is 2.22. The second kappa shape index (κ2) is 5.56. The number of nitrogens with two attached hydrogens (primary N) is 1. The number of amides is 1. The van der Waals surface area contributed by atoms with Crippen LogP contribution in [-0.2, 0) is 0 Å². The van der Waals surface area contributed by atoms with E-state index in [0.717, 1.165) is 0 Å². The van der Waals surface area contributed by atoms with Gasteiger partial charge in [-0.3, -0.25) is 9.89 Å². The zero-order valence-electron chi connectivity index (χ0n) is 9.41. The van der Waals surface area contributed by atoms with E-state index in [1.54, 1.807) is 6.07 Å². The number of rotatable bonds is 3. The largest absolute Gasteiger partial charge is 0.389 e. The number of nitrogens with zero attached hydrogens (tertiary/aromatic N) is 1. The maximum Gasteiger partial charge on any atom is 0.258 e. The van der Waals surface area contributed by atoms with Crippen molar-refractivity contribution >= 4 is 52.1 Å². The monoisotopic (exact) mass is 314 g/mol. The van der Waals surface area contributed by atoms with Crippen LogP contribution in [0.15, 0.2) is 24.4 Å². The van der Waals surface area contributed by atoms with Gasteiger partial charge in [0.15, 0.2) is 0 Å². The topological polar surface area (TPSA) is 83.8 Å². The highest BCUT2D eigenvalue weighted by atomic mass is 35.5. The van der Waals surface area contributed by atoms with Crippen molar-refractivity contribution in [1.82, 2.24) is 10.2 Å². The van der Waals surface area contributed by atoms with Crippen LogP contribution in [0.3, 0.4) is 0 Å². The van der Waals surface area contributed by atoms with Gasteiger partial charge in [-0.15, -0.1) is 0 Å². The fourth-order valence-corrected chi connectivity index (χ4v) is 2.07. The Labute approximate surface area is 124 Å². The number of benzene rings is 1. The lowest BCUT2D eigenvalue weighted by molar-refractivity contribution is 0.102. The maximum absolute atomic E-state index is 12.0. The molecule has 1 aromatic heterocycles. The van der Waals surface area contributed by atoms with Crippen molar-refractivity contribution in [2.75, 3.05) is 5.32 Å². The Morgan fingerprint density at radius 3 is 2.74 bits per heavy atom. The zero-order valence-corrected chi connectivity index (χ0v) is 11.7. The summed E-state index contributed by atoms with van der Waals surface area (Å²) < 4.78 is 0. The zero-order chi connectivity index (χ0) is 14.0. The fourth-order valence-electron chi connectivity index (χ4n) is 1.42. The molecule has 0 saturated heterocycles. The van der Waals surface area contributed by atoms with Gasteiger partial charge in [0.05, 0.1) is 22.3 Å². The van der Waals surface area contributed by atoms with Crippen LogP contribution in [0.1, 0.15) is 15.9 Å². The normalized spacial score (nSPS) is 10.2. The van der Waals surface area contributed by atoms with E-state index in [0.29, 0.717) is 16.4 Å². The molecule has 0 radical (unpaired) electrons. The van der Waals surface area contributed by atoms with Gasteiger partial charge in [0, 0.05) is 5.02 Å². The predicted octanol–water partition coefficient (Wildman–Crippen LogP) is 2.60. The van der Waals surface area contributed by atoms with Crippen LogP contribution < -0.4 is 11.1 Å². The van der Waals surface area contributed by atoms with Crippen LogP contribution in [0.2, 0.25) is 10.0 Å². The van der Waals surface area contributed by atoms with Gasteiger partial charge in [0.1, 0.15) is 10.8 Å². The van der Waals surface area contributed by atoms with Crippen LogP contribution in [0.5, 0.6) is 0 Å². The number of anilines is 1. The first-order valence-corrected chi connectivity index (χ1v) is 6.25. The number of aromatic nitrogens is 2. The number of hydrogen-bond acceptors (Lipinski definition) is 3. The molecule has 19 heavy (non-hydrogen) atoms. The second-order valence-corrected chi connectivity index (χ2v) is 4.88. The molecule has 5 nitrogen and oxygen atoms in total. The first-order chi connectivity index (χ1) is 8.99. The Morgan fingerprint density at radius 2 is 2.11 bits per heavy atom. The van der Waals surface area contributed by atoms with Crippen molar-refractivity contribution in [3.8, 4) is 0 Å². The molecule has 8 heteroatoms. The van der Waals surface area contributed by atoms with Crippen molar-refractivity contribution in [1.29, 1.82) is 0 Å². The quantitative estimate of drug-likeness (QED) is 0.760. The number of thiocarbonyl (C=S) groups is 1. The highest BCUT2D eigenvalue weighted by Gasteiger charge is 2.15. The molecule has 0 saturated carbocycles. The number of halogens is 2. The van der Waals surface area contributed by atoms with Crippen molar-refractivity contribution < 1.29 is 4.79 Å². The molecule has 98 valence electrons. The molecule has 0 aliphatic heterocycles. The molecule has 1 aromatic carbocycles. The Kier molecular flexibility index (Phi) is 4.04. The Hall–Kier alpha value is -1.63. The Balaban J connectivity index is 2.26. The minimum atomic E-state index is -0.414. The molecule has 2 aromatic rings. The van der Waals surface area contributed by atoms with E-state index in [-0.39, 0.29) is 15.6 Å². The summed E-state index contributed by atoms with van der Waals surface area (Å²) in [4.78, 5) is 12.2. The van der Waals surface area contributed by atoms with E-state index in [1.165, 1.54) is 18.3 Å². The van der Waals surface area contributed by atoms with Crippen LogP contribution in [0.25, 0.3) is 0 Å². The number of carbonyl (C=O) groups is 1. The third-order valence-electron chi connectivity index (χ3n) is 2.32. The van der Waals surface area contributed by atoms with E-state index in [2.05, 4.69) is 15.5 Å². The summed E-state index contributed by atoms with van der Waals surface area (Å²) in [5.74, 6) is -0.0908. The average molecular weight is 315 g/mol. The van der Waals surface area contributed by atoms with Crippen molar-refractivity contribution in [3.05, 3.63) is 45.6 Å². The lowest BCUT2D eigenvalue weighted by Gasteiger charge is -2.06. The smallest absolute Gasteiger partial charge is 0.258 e. The number of carbonyl (C=O) groups excluding carboxylic acids is 1. The summed E-state index contributed by atoms with van der Waals surface area (Å²) in [6.07, 6.45) is 1.43. The number of hydrogen-bond donors (Lipinski definition) is 3. The summed E-state index contributed by atoms with van der Waals surface area (Å²) in [5.41, 5.74) is 6.24. The third-order valence-corrected chi connectivity index (χ3v) is 3.09. The second-order valence-electron chi connectivity index (χ2n) is 3.60. The highest BCUT2D eigenvalue weighted by molar-refractivity contribution is 7.80. The van der Waals surface area contributed by atoms with E-state index >= 15 is 0 Å². The number of nitrogens with one attached hydrogen (secondary N) is 2. The van der Waals surface area contributed by atoms with Gasteiger partial charge >= 0.3 is 0 Å². The standard InChI is InChI=1S/C11H8Cl2N4OS/c12-5-1-2-6(8(13)3-5)11(18)16-10-7(9(14)19)4-15-17-10/h1-4H,(H2,14,19)(H2,15,16,17,18). The molecule has 0 aliphatic carbocycles. The van der Waals surface area contributed by atoms with E-state index in [9.17, 15) is 4.79 Å². The molecule has 0 spiro atoms. The number of aromatic amines is 1. The van der Waals surface area contributed by atoms with Crippen LogP contribution in [-0.4, -0.2) is 21.1 Å². The van der Waals surface area contributed by atoms with Crippen molar-refractivity contribution in [3.63, 3.8) is 0 Å². The van der Waals surface area contributed by atoms with Gasteiger partial charge in [-0.1, -0.05) is 35.4 Å². The van der Waals surface area contributed by atoms with Gasteiger partial charge in [-0.25, -0.2) is 0 Å². The lowest BCUT2D eigenvalue weighted by atomic mass is 10.2. The summed E-state index contributed by atoms with van der Waals surface area (Å²) in [7, 11) is 0. The molecular weight excluding hydrogens is 307 g/mol.